The van der Waals surface area contributed by atoms with Crippen LogP contribution in [0.25, 0.3) is 0 Å². The van der Waals surface area contributed by atoms with Gasteiger partial charge in [0.05, 0.1) is 4.99 Å². The summed E-state index contributed by atoms with van der Waals surface area (Å²) in [7, 11) is 0. The van der Waals surface area contributed by atoms with E-state index in [1.807, 2.05) is 12.1 Å². The average molecular weight is 205 g/mol. The molecule has 74 valence electrons. The first-order valence-electron chi connectivity index (χ1n) is 4.74. The number of aryl methyl sites for hydroxylation is 1. The van der Waals surface area contributed by atoms with Crippen molar-refractivity contribution in [3.63, 3.8) is 0 Å². The van der Waals surface area contributed by atoms with Crippen molar-refractivity contribution in [3.8, 4) is 0 Å². The molecule has 2 heteroatoms. The standard InChI is InChI=1S/C12H15NS/c1-2-10-13-12(14)9-8-11-6-4-3-5-7-11/h2-7H,1,8-10H2,(H,13,14). The van der Waals surface area contributed by atoms with Crippen LogP contribution in [0, 0.1) is 0 Å². The topological polar surface area (TPSA) is 12.0 Å². The molecule has 0 aliphatic heterocycles. The van der Waals surface area contributed by atoms with E-state index < -0.39 is 0 Å². The fraction of sp³-hybridized carbons (Fsp3) is 0.250. The lowest BCUT2D eigenvalue weighted by molar-refractivity contribution is 0.964. The maximum atomic E-state index is 5.16. The number of thiocarbonyl (C=S) groups is 1. The largest absolute Gasteiger partial charge is 0.376 e. The summed E-state index contributed by atoms with van der Waals surface area (Å²) in [4.78, 5) is 0.911. The zero-order valence-corrected chi connectivity index (χ0v) is 9.02. The van der Waals surface area contributed by atoms with Gasteiger partial charge in [-0.15, -0.1) is 6.58 Å². The van der Waals surface area contributed by atoms with E-state index in [0.29, 0.717) is 0 Å². The van der Waals surface area contributed by atoms with Crippen molar-refractivity contribution < 1.29 is 0 Å². The van der Waals surface area contributed by atoms with Gasteiger partial charge in [-0.25, -0.2) is 0 Å². The van der Waals surface area contributed by atoms with Crippen molar-refractivity contribution in [3.05, 3.63) is 48.6 Å². The predicted molar refractivity (Wildman–Crippen MR) is 65.6 cm³/mol. The van der Waals surface area contributed by atoms with Gasteiger partial charge in [0.25, 0.3) is 0 Å². The molecule has 0 fully saturated rings. The first kappa shape index (κ1) is 10.9. The van der Waals surface area contributed by atoms with Crippen LogP contribution in [0.5, 0.6) is 0 Å². The molecule has 1 aromatic rings. The van der Waals surface area contributed by atoms with Crippen molar-refractivity contribution in [2.45, 2.75) is 12.8 Å². The molecule has 0 saturated carbocycles. The van der Waals surface area contributed by atoms with Crippen molar-refractivity contribution in [2.24, 2.45) is 0 Å². The second kappa shape index (κ2) is 6.33. The van der Waals surface area contributed by atoms with Gasteiger partial charge in [0, 0.05) is 13.0 Å². The molecule has 1 nitrogen and oxygen atoms in total. The van der Waals surface area contributed by atoms with Gasteiger partial charge in [0.1, 0.15) is 0 Å². The highest BCUT2D eigenvalue weighted by molar-refractivity contribution is 7.80. The maximum absolute atomic E-state index is 5.16. The number of rotatable bonds is 5. The Morgan fingerprint density at radius 1 is 1.36 bits per heavy atom. The highest BCUT2D eigenvalue weighted by Gasteiger charge is 1.95. The summed E-state index contributed by atoms with van der Waals surface area (Å²) in [6.07, 6.45) is 3.73. The molecule has 1 rings (SSSR count). The molecule has 0 radical (unpaired) electrons. The lowest BCUT2D eigenvalue weighted by Gasteiger charge is -2.04. The molecule has 0 spiro atoms. The third-order valence-electron chi connectivity index (χ3n) is 1.93. The minimum Gasteiger partial charge on any atom is -0.376 e. The zero-order chi connectivity index (χ0) is 10.2. The molecular weight excluding hydrogens is 190 g/mol. The molecule has 1 N–H and O–H groups in total. The van der Waals surface area contributed by atoms with E-state index in [1.165, 1.54) is 5.56 Å². The van der Waals surface area contributed by atoms with Crippen LogP contribution in [-0.4, -0.2) is 11.5 Å². The fourth-order valence-electron chi connectivity index (χ4n) is 1.18. The van der Waals surface area contributed by atoms with E-state index in [2.05, 4.69) is 36.2 Å². The Hall–Kier alpha value is -1.15. The molecule has 0 aromatic heterocycles. The van der Waals surface area contributed by atoms with E-state index in [4.69, 9.17) is 12.2 Å². The van der Waals surface area contributed by atoms with E-state index in [9.17, 15) is 0 Å². The SMILES string of the molecule is C=CCNC(=S)CCc1ccccc1. The van der Waals surface area contributed by atoms with Gasteiger partial charge in [-0.3, -0.25) is 0 Å². The predicted octanol–water partition coefficient (Wildman–Crippen LogP) is 2.72. The number of hydrogen-bond donors (Lipinski definition) is 1. The summed E-state index contributed by atoms with van der Waals surface area (Å²) in [5.41, 5.74) is 1.33. The Morgan fingerprint density at radius 2 is 2.07 bits per heavy atom. The van der Waals surface area contributed by atoms with Gasteiger partial charge in [-0.05, 0) is 12.0 Å². The quantitative estimate of drug-likeness (QED) is 0.586. The van der Waals surface area contributed by atoms with Gasteiger partial charge in [0.15, 0.2) is 0 Å². The lowest BCUT2D eigenvalue weighted by atomic mass is 10.1. The van der Waals surface area contributed by atoms with Gasteiger partial charge < -0.3 is 5.32 Å². The van der Waals surface area contributed by atoms with Crippen LogP contribution < -0.4 is 5.32 Å². The summed E-state index contributed by atoms with van der Waals surface area (Å²) >= 11 is 5.16. The molecule has 1 aromatic carbocycles. The minimum atomic E-state index is 0.758. The van der Waals surface area contributed by atoms with Crippen LogP contribution >= 0.6 is 12.2 Å². The lowest BCUT2D eigenvalue weighted by Crippen LogP contribution is -2.21. The van der Waals surface area contributed by atoms with Crippen molar-refractivity contribution in [1.29, 1.82) is 0 Å². The number of benzene rings is 1. The molecule has 0 atom stereocenters. The number of hydrogen-bond acceptors (Lipinski definition) is 1. The molecule has 0 heterocycles. The molecule has 0 saturated heterocycles. The van der Waals surface area contributed by atoms with Crippen LogP contribution in [0.4, 0.5) is 0 Å². The summed E-state index contributed by atoms with van der Waals surface area (Å²) in [5.74, 6) is 0. The van der Waals surface area contributed by atoms with Crippen LogP contribution in [0.15, 0.2) is 43.0 Å². The van der Waals surface area contributed by atoms with Gasteiger partial charge in [-0.2, -0.15) is 0 Å². The summed E-state index contributed by atoms with van der Waals surface area (Å²) in [6.45, 7) is 4.39. The minimum absolute atomic E-state index is 0.758. The Kier molecular flexibility index (Phi) is 4.94. The Balaban J connectivity index is 2.27. The molecule has 0 bridgehead atoms. The third-order valence-corrected chi connectivity index (χ3v) is 2.28. The number of nitrogens with one attached hydrogen (secondary N) is 1. The van der Waals surface area contributed by atoms with Gasteiger partial charge in [0.2, 0.25) is 0 Å². The van der Waals surface area contributed by atoms with Crippen molar-refractivity contribution >= 4 is 17.2 Å². The highest BCUT2D eigenvalue weighted by Crippen LogP contribution is 2.02. The van der Waals surface area contributed by atoms with E-state index >= 15 is 0 Å². The first-order chi connectivity index (χ1) is 6.83. The Labute approximate surface area is 90.8 Å². The summed E-state index contributed by atoms with van der Waals surface area (Å²) in [6, 6.07) is 10.4. The smallest absolute Gasteiger partial charge is 0.0759 e. The van der Waals surface area contributed by atoms with E-state index in [0.717, 1.165) is 24.4 Å². The molecule has 0 unspecified atom stereocenters. The Morgan fingerprint density at radius 3 is 2.71 bits per heavy atom. The van der Waals surface area contributed by atoms with Crippen LogP contribution in [0.2, 0.25) is 0 Å². The second-order valence-electron chi connectivity index (χ2n) is 3.08. The molecule has 14 heavy (non-hydrogen) atoms. The molecule has 0 aliphatic rings. The van der Waals surface area contributed by atoms with Crippen LogP contribution in [0.3, 0.4) is 0 Å². The summed E-state index contributed by atoms with van der Waals surface area (Å²) < 4.78 is 0. The average Bonchev–Trinajstić information content (AvgIpc) is 2.25. The van der Waals surface area contributed by atoms with E-state index in [1.54, 1.807) is 0 Å². The highest BCUT2D eigenvalue weighted by atomic mass is 32.1. The van der Waals surface area contributed by atoms with Crippen LogP contribution in [-0.2, 0) is 6.42 Å². The maximum Gasteiger partial charge on any atom is 0.0759 e. The van der Waals surface area contributed by atoms with Crippen molar-refractivity contribution in [2.75, 3.05) is 6.54 Å². The fourth-order valence-corrected chi connectivity index (χ4v) is 1.36. The zero-order valence-electron chi connectivity index (χ0n) is 8.20. The first-order valence-corrected chi connectivity index (χ1v) is 5.15. The monoisotopic (exact) mass is 205 g/mol. The van der Waals surface area contributed by atoms with Crippen molar-refractivity contribution in [1.82, 2.24) is 5.32 Å². The second-order valence-corrected chi connectivity index (χ2v) is 3.57. The molecule has 0 aliphatic carbocycles. The van der Waals surface area contributed by atoms with Gasteiger partial charge >= 0.3 is 0 Å². The molecule has 0 amide bonds. The van der Waals surface area contributed by atoms with Gasteiger partial charge in [-0.1, -0.05) is 48.6 Å². The molecular formula is C12H15NS. The normalized spacial score (nSPS) is 9.43. The Bertz CT molecular complexity index is 292. The van der Waals surface area contributed by atoms with Crippen LogP contribution in [0.1, 0.15) is 12.0 Å². The third kappa shape index (κ3) is 4.19. The summed E-state index contributed by atoms with van der Waals surface area (Å²) in [5, 5.41) is 3.12. The van der Waals surface area contributed by atoms with E-state index in [-0.39, 0.29) is 0 Å².